The van der Waals surface area contributed by atoms with Crippen LogP contribution in [0.1, 0.15) is 93.4 Å². The lowest BCUT2D eigenvalue weighted by Crippen LogP contribution is -2.67. The lowest BCUT2D eigenvalue weighted by atomic mass is 9.86. The van der Waals surface area contributed by atoms with Crippen LogP contribution in [0.4, 0.5) is 0 Å². The average Bonchev–Trinajstić information content (AvgIpc) is 3.63. The molecule has 0 radical (unpaired) electrons. The number of esters is 1. The zero-order chi connectivity index (χ0) is 35.6. The number of hydrogen-bond donors (Lipinski definition) is 0. The summed E-state index contributed by atoms with van der Waals surface area (Å²) in [7, 11) is -2.67. The molecule has 0 unspecified atom stereocenters. The van der Waals surface area contributed by atoms with Crippen LogP contribution in [-0.4, -0.2) is 63.5 Å². The van der Waals surface area contributed by atoms with Crippen molar-refractivity contribution in [2.24, 2.45) is 11.3 Å². The van der Waals surface area contributed by atoms with Crippen LogP contribution < -0.4 is 10.4 Å². The highest BCUT2D eigenvalue weighted by Crippen LogP contribution is 2.53. The normalized spacial score (nSPS) is 31.5. The Morgan fingerprint density at radius 3 is 2.24 bits per heavy atom. The second-order valence-electron chi connectivity index (χ2n) is 16.8. The number of benzene rings is 2. The minimum atomic E-state index is -2.67. The number of unbranched alkanes of at least 4 members (excludes halogenated alkanes) is 1. The van der Waals surface area contributed by atoms with Crippen LogP contribution in [-0.2, 0) is 32.9 Å². The molecule has 3 saturated heterocycles. The summed E-state index contributed by atoms with van der Waals surface area (Å²) < 4.78 is 39.8. The highest BCUT2D eigenvalue weighted by atomic mass is 28.4. The molecule has 2 aromatic rings. The molecule has 0 saturated carbocycles. The Morgan fingerprint density at radius 2 is 1.60 bits per heavy atom. The highest BCUT2D eigenvalue weighted by Gasteiger charge is 2.60. The maximum atomic E-state index is 12.0. The van der Waals surface area contributed by atoms with Crippen LogP contribution in [0.2, 0.25) is 5.04 Å². The second kappa shape index (κ2) is 14.8. The molecule has 8 heteroatoms. The molecule has 0 N–H and O–H groups in total. The van der Waals surface area contributed by atoms with Gasteiger partial charge in [-0.25, -0.2) is 0 Å². The third-order valence-electron chi connectivity index (χ3n) is 10.9. The van der Waals surface area contributed by atoms with Gasteiger partial charge in [0.2, 0.25) is 0 Å². The smallest absolute Gasteiger partial charge is 0.311 e. The van der Waals surface area contributed by atoms with E-state index in [1.165, 1.54) is 10.4 Å². The molecule has 0 bridgehead atoms. The molecule has 0 aromatic heterocycles. The minimum Gasteiger partial charge on any atom is -0.465 e. The lowest BCUT2D eigenvalue weighted by molar-refractivity contribution is -0.365. The molecule has 4 aliphatic heterocycles. The Hall–Kier alpha value is -2.59. The molecule has 7 atom stereocenters. The first kappa shape index (κ1) is 37.2. The molecule has 3 fully saturated rings. The van der Waals surface area contributed by atoms with E-state index < -0.39 is 25.3 Å². The van der Waals surface area contributed by atoms with Crippen LogP contribution in [0, 0.1) is 11.3 Å². The van der Waals surface area contributed by atoms with Gasteiger partial charge < -0.3 is 28.1 Å². The summed E-state index contributed by atoms with van der Waals surface area (Å²) in [6.45, 7) is 15.7. The van der Waals surface area contributed by atoms with Gasteiger partial charge in [0.1, 0.15) is 0 Å². The quantitative estimate of drug-likeness (QED) is 0.109. The van der Waals surface area contributed by atoms with Gasteiger partial charge in [-0.2, -0.15) is 0 Å². The summed E-state index contributed by atoms with van der Waals surface area (Å²) in [6, 6.07) is 21.6. The summed E-state index contributed by atoms with van der Waals surface area (Å²) in [5.74, 6) is -1.38. The van der Waals surface area contributed by atoms with Crippen LogP contribution in [0.3, 0.4) is 0 Å². The fourth-order valence-electron chi connectivity index (χ4n) is 8.19. The summed E-state index contributed by atoms with van der Waals surface area (Å²) >= 11 is 0. The largest absolute Gasteiger partial charge is 0.465 e. The van der Waals surface area contributed by atoms with E-state index in [1.807, 2.05) is 20.8 Å². The van der Waals surface area contributed by atoms with Crippen molar-refractivity contribution in [2.75, 3.05) is 13.2 Å². The van der Waals surface area contributed by atoms with E-state index in [0.29, 0.717) is 19.6 Å². The Kier molecular flexibility index (Phi) is 11.0. The number of carbonyl (C=O) groups excluding carboxylic acids is 1. The molecule has 4 aliphatic rings. The van der Waals surface area contributed by atoms with E-state index in [-0.39, 0.29) is 41.3 Å². The first-order valence-corrected chi connectivity index (χ1v) is 20.6. The molecule has 2 spiro atoms. The number of allylic oxidation sites excluding steroid dienone is 1. The Morgan fingerprint density at radius 1 is 0.920 bits per heavy atom. The van der Waals surface area contributed by atoms with Crippen LogP contribution >= 0.6 is 0 Å². The Bertz CT molecular complexity index is 1460. The van der Waals surface area contributed by atoms with Gasteiger partial charge in [-0.05, 0) is 55.4 Å². The molecule has 0 aliphatic carbocycles. The monoisotopic (exact) mass is 702 g/mol. The zero-order valence-electron chi connectivity index (χ0n) is 31.2. The van der Waals surface area contributed by atoms with Crippen molar-refractivity contribution in [3.8, 4) is 0 Å². The lowest BCUT2D eigenvalue weighted by Gasteiger charge is -2.45. The SMILES string of the molecule is C[C@@H]1C[C@H]2O[C@H](CO[Si](c3ccccc3)(c3ccccc3)C(C)(C)C)C[C@H]2O[C@@]12CC[C@]1(CC=C[C@@H](/C=C/CCCOC(=O)C(C)(C)C)O1)O2. The number of carbonyl (C=O) groups is 1. The summed E-state index contributed by atoms with van der Waals surface area (Å²) in [5, 5.41) is 2.46. The van der Waals surface area contributed by atoms with Crippen molar-refractivity contribution in [1.29, 1.82) is 0 Å². The van der Waals surface area contributed by atoms with E-state index >= 15 is 0 Å². The van der Waals surface area contributed by atoms with Crippen molar-refractivity contribution in [3.63, 3.8) is 0 Å². The van der Waals surface area contributed by atoms with Crippen LogP contribution in [0.25, 0.3) is 0 Å². The number of fused-ring (bicyclic) bond motifs is 1. The maximum absolute atomic E-state index is 12.0. The Balaban J connectivity index is 1.07. The molecule has 6 rings (SSSR count). The van der Waals surface area contributed by atoms with Gasteiger partial charge in [0.25, 0.3) is 8.32 Å². The molecule has 50 heavy (non-hydrogen) atoms. The topological polar surface area (TPSA) is 72.5 Å². The highest BCUT2D eigenvalue weighted by molar-refractivity contribution is 6.99. The first-order valence-electron chi connectivity index (χ1n) is 18.7. The molecular formula is C42H58O7Si. The van der Waals surface area contributed by atoms with Crippen molar-refractivity contribution in [2.45, 2.75) is 134 Å². The molecule has 4 heterocycles. The van der Waals surface area contributed by atoms with E-state index in [4.69, 9.17) is 28.1 Å². The van der Waals surface area contributed by atoms with Crippen molar-refractivity contribution < 1.29 is 32.9 Å². The molecule has 2 aromatic carbocycles. The van der Waals surface area contributed by atoms with Gasteiger partial charge in [0.05, 0.1) is 43.0 Å². The molecule has 7 nitrogen and oxygen atoms in total. The zero-order valence-corrected chi connectivity index (χ0v) is 32.2. The summed E-state index contributed by atoms with van der Waals surface area (Å²) in [6.07, 6.45) is 13.8. The van der Waals surface area contributed by atoms with Crippen molar-refractivity contribution in [1.82, 2.24) is 0 Å². The fraction of sp³-hybridized carbons (Fsp3) is 0.595. The fourth-order valence-corrected chi connectivity index (χ4v) is 12.8. The molecular weight excluding hydrogens is 645 g/mol. The van der Waals surface area contributed by atoms with Gasteiger partial charge in [0, 0.05) is 31.6 Å². The minimum absolute atomic E-state index is 0.0223. The van der Waals surface area contributed by atoms with E-state index in [1.54, 1.807) is 0 Å². The van der Waals surface area contributed by atoms with Gasteiger partial charge >= 0.3 is 5.97 Å². The van der Waals surface area contributed by atoms with E-state index in [2.05, 4.69) is 113 Å². The Labute approximate surface area is 300 Å². The first-order chi connectivity index (χ1) is 23.8. The van der Waals surface area contributed by atoms with Crippen molar-refractivity contribution in [3.05, 3.63) is 85.0 Å². The third-order valence-corrected chi connectivity index (χ3v) is 15.9. The van der Waals surface area contributed by atoms with Gasteiger partial charge in [-0.3, -0.25) is 4.79 Å². The number of hydrogen-bond acceptors (Lipinski definition) is 7. The summed E-state index contributed by atoms with van der Waals surface area (Å²) in [4.78, 5) is 12.0. The average molecular weight is 703 g/mol. The number of ether oxygens (including phenoxy) is 5. The van der Waals surface area contributed by atoms with Gasteiger partial charge in [-0.1, -0.05) is 113 Å². The van der Waals surface area contributed by atoms with Gasteiger partial charge in [-0.15, -0.1) is 0 Å². The maximum Gasteiger partial charge on any atom is 0.311 e. The molecule has 0 amide bonds. The number of rotatable bonds is 10. The van der Waals surface area contributed by atoms with Crippen LogP contribution in [0.15, 0.2) is 85.0 Å². The van der Waals surface area contributed by atoms with E-state index in [9.17, 15) is 4.79 Å². The predicted molar refractivity (Wildman–Crippen MR) is 199 cm³/mol. The van der Waals surface area contributed by atoms with E-state index in [0.717, 1.165) is 38.5 Å². The predicted octanol–water partition coefficient (Wildman–Crippen LogP) is 7.62. The second-order valence-corrected chi connectivity index (χ2v) is 21.1. The third kappa shape index (κ3) is 7.76. The van der Waals surface area contributed by atoms with Gasteiger partial charge in [0.15, 0.2) is 11.6 Å². The van der Waals surface area contributed by atoms with Crippen molar-refractivity contribution >= 4 is 24.7 Å². The standard InChI is InChI=1S/C42H58O7Si/c1-31-28-36-37(29-33(46-36)30-45-50(40(5,6)7,34-20-12-8-13-21-34)35-22-14-9-15-23-35)48-42(31)26-25-41(49-42)24-17-19-32(47-41)18-11-10-16-27-44-38(43)39(2,3)4/h8-9,11-15,17-23,31-33,36-37H,10,16,24-30H2,1-7H3/b18-11+/t31-,32-,33+,36-,37-,41+,42-/m1/s1. The van der Waals surface area contributed by atoms with Crippen LogP contribution in [0.5, 0.6) is 0 Å². The molecule has 272 valence electrons. The summed E-state index contributed by atoms with van der Waals surface area (Å²) in [5.41, 5.74) is -0.476.